The average molecular weight is 319 g/mol. The van der Waals surface area contributed by atoms with Crippen LogP contribution in [-0.4, -0.2) is 22.8 Å². The number of carbonyl (C=O) groups excluding carboxylic acids is 1. The normalized spacial score (nSPS) is 13.5. The molecule has 1 heterocycles. The molecule has 124 valence electrons. The lowest BCUT2D eigenvalue weighted by atomic mass is 10.1. The number of methoxy groups -OCH3 is 1. The van der Waals surface area contributed by atoms with Crippen molar-refractivity contribution in [3.05, 3.63) is 47.0 Å². The number of hydrogen-bond donors (Lipinski definition) is 1. The van der Waals surface area contributed by atoms with Gasteiger partial charge >= 0.3 is 0 Å². The molecule has 23 heavy (non-hydrogen) atoms. The molecule has 2 unspecified atom stereocenters. The van der Waals surface area contributed by atoms with Crippen LogP contribution in [0.15, 0.2) is 24.3 Å². The Kier molecular flexibility index (Phi) is 5.03. The van der Waals surface area contributed by atoms with Crippen LogP contribution in [0.25, 0.3) is 0 Å². The van der Waals surface area contributed by atoms with Crippen LogP contribution in [0.1, 0.15) is 42.9 Å². The number of amides is 1. The van der Waals surface area contributed by atoms with E-state index in [-0.39, 0.29) is 17.7 Å². The highest BCUT2D eigenvalue weighted by Gasteiger charge is 2.20. The number of carbonyl (C=O) groups is 1. The average Bonchev–Trinajstić information content (AvgIpc) is 2.84. The molecule has 0 aliphatic rings. The number of nitrogens with zero attached hydrogens (tertiary/aromatic N) is 2. The minimum atomic E-state index is -0.447. The van der Waals surface area contributed by atoms with Gasteiger partial charge in [0.2, 0.25) is 5.91 Å². The molecule has 0 bridgehead atoms. The summed E-state index contributed by atoms with van der Waals surface area (Å²) in [6.07, 6.45) is 0. The van der Waals surface area contributed by atoms with Gasteiger partial charge in [-0.25, -0.2) is 4.39 Å². The fraction of sp³-hybridized carbons (Fsp3) is 0.412. The first-order valence-corrected chi connectivity index (χ1v) is 7.50. The van der Waals surface area contributed by atoms with Crippen molar-refractivity contribution in [3.63, 3.8) is 0 Å². The standard InChI is InChI=1S/C17H22FN3O2/c1-10-8-11(2)21(20-10)13(4)17(22)19-12(3)14-6-7-16(23-5)15(18)9-14/h6-9,12-13H,1-5H3,(H,19,22). The van der Waals surface area contributed by atoms with E-state index < -0.39 is 11.9 Å². The third-order valence-corrected chi connectivity index (χ3v) is 3.83. The molecule has 2 atom stereocenters. The first-order valence-electron chi connectivity index (χ1n) is 7.50. The summed E-state index contributed by atoms with van der Waals surface area (Å²) in [5.41, 5.74) is 2.47. The number of hydrogen-bond acceptors (Lipinski definition) is 3. The van der Waals surface area contributed by atoms with Crippen molar-refractivity contribution in [2.24, 2.45) is 0 Å². The van der Waals surface area contributed by atoms with E-state index in [2.05, 4.69) is 10.4 Å². The second kappa shape index (κ2) is 6.81. The molecule has 0 fully saturated rings. The zero-order valence-electron chi connectivity index (χ0n) is 14.1. The number of aromatic nitrogens is 2. The van der Waals surface area contributed by atoms with Crippen LogP contribution in [0, 0.1) is 19.7 Å². The topological polar surface area (TPSA) is 56.1 Å². The molecule has 1 aromatic carbocycles. The molecule has 0 saturated carbocycles. The lowest BCUT2D eigenvalue weighted by Gasteiger charge is -2.19. The highest BCUT2D eigenvalue weighted by molar-refractivity contribution is 5.80. The molecule has 0 aliphatic heterocycles. The van der Waals surface area contributed by atoms with Gasteiger partial charge in [0.05, 0.1) is 18.8 Å². The van der Waals surface area contributed by atoms with Crippen LogP contribution in [0.3, 0.4) is 0 Å². The van der Waals surface area contributed by atoms with E-state index in [9.17, 15) is 9.18 Å². The van der Waals surface area contributed by atoms with Crippen LogP contribution < -0.4 is 10.1 Å². The molecule has 0 aliphatic carbocycles. The molecule has 1 amide bonds. The minimum absolute atomic E-state index is 0.167. The zero-order valence-corrected chi connectivity index (χ0v) is 14.1. The molecule has 5 nitrogen and oxygen atoms in total. The van der Waals surface area contributed by atoms with Crippen molar-refractivity contribution in [1.29, 1.82) is 0 Å². The Morgan fingerprint density at radius 2 is 2.00 bits per heavy atom. The van der Waals surface area contributed by atoms with Crippen molar-refractivity contribution in [3.8, 4) is 5.75 Å². The van der Waals surface area contributed by atoms with Gasteiger partial charge in [-0.15, -0.1) is 0 Å². The highest BCUT2D eigenvalue weighted by Crippen LogP contribution is 2.22. The molecular formula is C17H22FN3O2. The number of nitrogens with one attached hydrogen (secondary N) is 1. The summed E-state index contributed by atoms with van der Waals surface area (Å²) in [6.45, 7) is 7.39. The maximum atomic E-state index is 13.8. The molecule has 0 saturated heterocycles. The van der Waals surface area contributed by atoms with Gasteiger partial charge < -0.3 is 10.1 Å². The first-order chi connectivity index (χ1) is 10.8. The van der Waals surface area contributed by atoms with Gasteiger partial charge in [0.1, 0.15) is 6.04 Å². The summed E-state index contributed by atoms with van der Waals surface area (Å²) in [6, 6.07) is 5.83. The summed E-state index contributed by atoms with van der Waals surface area (Å²) >= 11 is 0. The molecule has 0 radical (unpaired) electrons. The summed E-state index contributed by atoms with van der Waals surface area (Å²) in [7, 11) is 1.42. The number of ether oxygens (including phenoxy) is 1. The van der Waals surface area contributed by atoms with E-state index in [0.717, 1.165) is 11.4 Å². The third kappa shape index (κ3) is 3.70. The SMILES string of the molecule is COc1ccc(C(C)NC(=O)C(C)n2nc(C)cc2C)cc1F. The summed E-state index contributed by atoms with van der Waals surface area (Å²) < 4.78 is 20.4. The van der Waals surface area contributed by atoms with Crippen molar-refractivity contribution in [1.82, 2.24) is 15.1 Å². The Hall–Kier alpha value is -2.37. The predicted octanol–water partition coefficient (Wildman–Crippen LogP) is 3.09. The Morgan fingerprint density at radius 1 is 1.30 bits per heavy atom. The first kappa shape index (κ1) is 17.0. The third-order valence-electron chi connectivity index (χ3n) is 3.83. The van der Waals surface area contributed by atoms with Gasteiger partial charge in [-0.2, -0.15) is 5.10 Å². The number of rotatable bonds is 5. The van der Waals surface area contributed by atoms with Crippen molar-refractivity contribution >= 4 is 5.91 Å². The van der Waals surface area contributed by atoms with E-state index in [1.807, 2.05) is 26.8 Å². The maximum Gasteiger partial charge on any atom is 0.245 e. The maximum absolute atomic E-state index is 13.8. The quantitative estimate of drug-likeness (QED) is 0.921. The van der Waals surface area contributed by atoms with Gasteiger partial charge in [0.15, 0.2) is 11.6 Å². The lowest BCUT2D eigenvalue weighted by Crippen LogP contribution is -2.33. The van der Waals surface area contributed by atoms with Crippen LogP contribution in [0.4, 0.5) is 4.39 Å². The molecule has 1 N–H and O–H groups in total. The number of aryl methyl sites for hydroxylation is 2. The molecule has 6 heteroatoms. The fourth-order valence-corrected chi connectivity index (χ4v) is 2.52. The summed E-state index contributed by atoms with van der Waals surface area (Å²) in [4.78, 5) is 12.4. The summed E-state index contributed by atoms with van der Waals surface area (Å²) in [5.74, 6) is -0.430. The predicted molar refractivity (Wildman–Crippen MR) is 85.9 cm³/mol. The van der Waals surface area contributed by atoms with Crippen LogP contribution >= 0.6 is 0 Å². The smallest absolute Gasteiger partial charge is 0.245 e. The molecule has 1 aromatic heterocycles. The number of halogens is 1. The largest absolute Gasteiger partial charge is 0.494 e. The monoisotopic (exact) mass is 319 g/mol. The second-order valence-corrected chi connectivity index (χ2v) is 5.67. The molecule has 2 rings (SSSR count). The minimum Gasteiger partial charge on any atom is -0.494 e. The van der Waals surface area contributed by atoms with Gasteiger partial charge in [-0.3, -0.25) is 9.48 Å². The summed E-state index contributed by atoms with van der Waals surface area (Å²) in [5, 5.41) is 7.22. The van der Waals surface area contributed by atoms with Crippen LogP contribution in [0.2, 0.25) is 0 Å². The van der Waals surface area contributed by atoms with Gasteiger partial charge in [0.25, 0.3) is 0 Å². The zero-order chi connectivity index (χ0) is 17.1. The van der Waals surface area contributed by atoms with Crippen LogP contribution in [-0.2, 0) is 4.79 Å². The second-order valence-electron chi connectivity index (χ2n) is 5.67. The van der Waals surface area contributed by atoms with E-state index in [1.165, 1.54) is 13.2 Å². The molecule has 0 spiro atoms. The lowest BCUT2D eigenvalue weighted by molar-refractivity contribution is -0.124. The Bertz CT molecular complexity index is 712. The highest BCUT2D eigenvalue weighted by atomic mass is 19.1. The number of benzene rings is 1. The van der Waals surface area contributed by atoms with E-state index in [0.29, 0.717) is 5.56 Å². The Labute approximate surface area is 135 Å². The van der Waals surface area contributed by atoms with Gasteiger partial charge in [-0.05, 0) is 51.5 Å². The Morgan fingerprint density at radius 3 is 2.52 bits per heavy atom. The van der Waals surface area contributed by atoms with Gasteiger partial charge in [0, 0.05) is 5.69 Å². The molecule has 2 aromatic rings. The van der Waals surface area contributed by atoms with E-state index >= 15 is 0 Å². The Balaban J connectivity index is 2.10. The van der Waals surface area contributed by atoms with Crippen molar-refractivity contribution in [2.75, 3.05) is 7.11 Å². The van der Waals surface area contributed by atoms with E-state index in [1.54, 1.807) is 23.7 Å². The van der Waals surface area contributed by atoms with E-state index in [4.69, 9.17) is 4.74 Å². The van der Waals surface area contributed by atoms with Crippen molar-refractivity contribution in [2.45, 2.75) is 39.8 Å². The molecular weight excluding hydrogens is 297 g/mol. The van der Waals surface area contributed by atoms with Crippen molar-refractivity contribution < 1.29 is 13.9 Å². The van der Waals surface area contributed by atoms with Crippen LogP contribution in [0.5, 0.6) is 5.75 Å². The fourth-order valence-electron chi connectivity index (χ4n) is 2.52. The van der Waals surface area contributed by atoms with Gasteiger partial charge in [-0.1, -0.05) is 6.07 Å².